The fourth-order valence-electron chi connectivity index (χ4n) is 3.53. The van der Waals surface area contributed by atoms with Gasteiger partial charge in [-0.1, -0.05) is 19.8 Å². The maximum atomic E-state index is 13.0. The van der Waals surface area contributed by atoms with Crippen molar-refractivity contribution in [2.45, 2.75) is 45.1 Å². The Morgan fingerprint density at radius 3 is 2.75 bits per heavy atom. The highest BCUT2D eigenvalue weighted by Gasteiger charge is 2.28. The lowest BCUT2D eigenvalue weighted by atomic mass is 10.1. The van der Waals surface area contributed by atoms with Crippen molar-refractivity contribution < 1.29 is 13.6 Å². The normalized spacial score (nSPS) is 17.3. The van der Waals surface area contributed by atoms with E-state index in [0.29, 0.717) is 18.2 Å². The number of anilines is 1. The molecular formula is C21H24N4O3. The van der Waals surface area contributed by atoms with Crippen LogP contribution in [0.15, 0.2) is 51.5 Å². The fourth-order valence-corrected chi connectivity index (χ4v) is 3.53. The molecule has 2 aromatic heterocycles. The molecule has 146 valence electrons. The molecule has 0 aliphatic carbocycles. The van der Waals surface area contributed by atoms with Crippen LogP contribution in [0.1, 0.15) is 50.3 Å². The van der Waals surface area contributed by atoms with Gasteiger partial charge in [0, 0.05) is 24.2 Å². The molecular weight excluding hydrogens is 356 g/mol. The summed E-state index contributed by atoms with van der Waals surface area (Å²) >= 11 is 0. The Bertz CT molecular complexity index is 902. The Morgan fingerprint density at radius 1 is 1.18 bits per heavy atom. The van der Waals surface area contributed by atoms with Crippen molar-refractivity contribution in [2.75, 3.05) is 11.9 Å². The van der Waals surface area contributed by atoms with E-state index in [1.54, 1.807) is 6.26 Å². The number of carbonyl (C=O) groups excluding carboxylic acids is 1. The molecule has 1 aromatic carbocycles. The number of hydrogen-bond donors (Lipinski definition) is 1. The summed E-state index contributed by atoms with van der Waals surface area (Å²) in [5, 5.41) is 11.0. The Balaban J connectivity index is 1.47. The minimum absolute atomic E-state index is 0.0253. The van der Waals surface area contributed by atoms with E-state index in [2.05, 4.69) is 15.5 Å². The van der Waals surface area contributed by atoms with Crippen LogP contribution in [0.2, 0.25) is 0 Å². The van der Waals surface area contributed by atoms with E-state index in [1.807, 2.05) is 48.2 Å². The lowest BCUT2D eigenvalue weighted by Crippen LogP contribution is -2.37. The molecule has 0 saturated carbocycles. The van der Waals surface area contributed by atoms with Crippen LogP contribution in [0.3, 0.4) is 0 Å². The van der Waals surface area contributed by atoms with E-state index in [4.69, 9.17) is 8.83 Å². The van der Waals surface area contributed by atoms with Gasteiger partial charge in [-0.3, -0.25) is 0 Å². The summed E-state index contributed by atoms with van der Waals surface area (Å²) in [6.45, 7) is 2.69. The van der Waals surface area contributed by atoms with Gasteiger partial charge in [0.1, 0.15) is 5.76 Å². The molecule has 2 amide bonds. The topological polar surface area (TPSA) is 84.4 Å². The van der Waals surface area contributed by atoms with E-state index < -0.39 is 0 Å². The van der Waals surface area contributed by atoms with Gasteiger partial charge in [-0.05, 0) is 49.2 Å². The summed E-state index contributed by atoms with van der Waals surface area (Å²) in [5.74, 6) is 1.94. The molecule has 0 bridgehead atoms. The lowest BCUT2D eigenvalue weighted by Gasteiger charge is -2.28. The quantitative estimate of drug-likeness (QED) is 0.685. The minimum Gasteiger partial charge on any atom is -0.467 e. The van der Waals surface area contributed by atoms with Crippen molar-refractivity contribution in [1.82, 2.24) is 15.1 Å². The molecule has 0 spiro atoms. The van der Waals surface area contributed by atoms with Crippen LogP contribution < -0.4 is 5.32 Å². The third kappa shape index (κ3) is 3.93. The third-order valence-corrected chi connectivity index (χ3v) is 5.04. The van der Waals surface area contributed by atoms with Crippen LogP contribution in [0.4, 0.5) is 10.5 Å². The van der Waals surface area contributed by atoms with Gasteiger partial charge in [0.25, 0.3) is 0 Å². The molecule has 7 heteroatoms. The first-order chi connectivity index (χ1) is 13.7. The van der Waals surface area contributed by atoms with Gasteiger partial charge in [-0.25, -0.2) is 4.79 Å². The van der Waals surface area contributed by atoms with E-state index in [-0.39, 0.29) is 12.1 Å². The van der Waals surface area contributed by atoms with Crippen LogP contribution in [0.5, 0.6) is 0 Å². The second-order valence-corrected chi connectivity index (χ2v) is 6.94. The molecule has 1 unspecified atom stereocenters. The van der Waals surface area contributed by atoms with Crippen LogP contribution in [0, 0.1) is 0 Å². The number of amides is 2. The monoisotopic (exact) mass is 380 g/mol. The second kappa shape index (κ2) is 8.29. The number of hydrogen-bond acceptors (Lipinski definition) is 5. The fraction of sp³-hybridized carbons (Fsp3) is 0.381. The molecule has 3 aromatic rings. The molecule has 1 N–H and O–H groups in total. The van der Waals surface area contributed by atoms with Crippen molar-refractivity contribution in [3.8, 4) is 11.5 Å². The van der Waals surface area contributed by atoms with E-state index >= 15 is 0 Å². The predicted molar refractivity (Wildman–Crippen MR) is 105 cm³/mol. The van der Waals surface area contributed by atoms with Crippen LogP contribution >= 0.6 is 0 Å². The van der Waals surface area contributed by atoms with Crippen molar-refractivity contribution in [3.63, 3.8) is 0 Å². The maximum Gasteiger partial charge on any atom is 0.322 e. The first-order valence-corrected chi connectivity index (χ1v) is 9.78. The number of nitrogens with one attached hydrogen (secondary N) is 1. The summed E-state index contributed by atoms with van der Waals surface area (Å²) in [5.41, 5.74) is 1.56. The first-order valence-electron chi connectivity index (χ1n) is 9.78. The zero-order valence-corrected chi connectivity index (χ0v) is 15.9. The van der Waals surface area contributed by atoms with Gasteiger partial charge in [0.2, 0.25) is 11.8 Å². The van der Waals surface area contributed by atoms with Crippen molar-refractivity contribution >= 4 is 11.7 Å². The van der Waals surface area contributed by atoms with Gasteiger partial charge >= 0.3 is 6.03 Å². The van der Waals surface area contributed by atoms with Crippen LogP contribution in [-0.4, -0.2) is 27.7 Å². The molecule has 1 fully saturated rings. The maximum absolute atomic E-state index is 13.0. The SMILES string of the molecule is CCc1nnc(-c2ccc(NC(=O)N3CCCCCC3c3ccco3)cc2)o1. The zero-order valence-electron chi connectivity index (χ0n) is 15.9. The number of furan rings is 1. The Labute approximate surface area is 163 Å². The highest BCUT2D eigenvalue weighted by molar-refractivity contribution is 5.89. The molecule has 1 aliphatic heterocycles. The van der Waals surface area contributed by atoms with Gasteiger partial charge in [-0.2, -0.15) is 0 Å². The summed E-state index contributed by atoms with van der Waals surface area (Å²) in [4.78, 5) is 14.8. The number of likely N-dealkylation sites (tertiary alicyclic amines) is 1. The van der Waals surface area contributed by atoms with Gasteiger partial charge in [0.05, 0.1) is 12.3 Å². The summed E-state index contributed by atoms with van der Waals surface area (Å²) < 4.78 is 11.2. The summed E-state index contributed by atoms with van der Waals surface area (Å²) in [6, 6.07) is 11.1. The van der Waals surface area contributed by atoms with E-state index in [0.717, 1.165) is 49.2 Å². The van der Waals surface area contributed by atoms with Crippen molar-refractivity contribution in [2.24, 2.45) is 0 Å². The van der Waals surface area contributed by atoms with Gasteiger partial charge in [0.15, 0.2) is 0 Å². The number of aryl methyl sites for hydroxylation is 1. The largest absolute Gasteiger partial charge is 0.467 e. The third-order valence-electron chi connectivity index (χ3n) is 5.04. The first kappa shape index (κ1) is 18.3. The average molecular weight is 380 g/mol. The molecule has 1 saturated heterocycles. The Hall–Kier alpha value is -3.09. The standard InChI is InChI=1S/C21H24N4O3/c1-2-19-23-24-20(28-19)15-9-11-16(12-10-15)22-21(26)25-13-5-3-4-7-17(25)18-8-6-14-27-18/h6,8-12,14,17H,2-5,7,13H2,1H3,(H,22,26). The number of urea groups is 1. The number of carbonyl (C=O) groups is 1. The summed E-state index contributed by atoms with van der Waals surface area (Å²) in [7, 11) is 0. The highest BCUT2D eigenvalue weighted by atomic mass is 16.4. The lowest BCUT2D eigenvalue weighted by molar-refractivity contribution is 0.179. The van der Waals surface area contributed by atoms with Gasteiger partial charge in [-0.15, -0.1) is 10.2 Å². The zero-order chi connectivity index (χ0) is 19.3. The molecule has 1 atom stereocenters. The number of nitrogens with zero attached hydrogens (tertiary/aromatic N) is 3. The molecule has 3 heterocycles. The van der Waals surface area contributed by atoms with E-state index in [1.165, 1.54) is 0 Å². The molecule has 0 radical (unpaired) electrons. The number of aromatic nitrogens is 2. The van der Waals surface area contributed by atoms with Crippen LogP contribution in [0.25, 0.3) is 11.5 Å². The smallest absolute Gasteiger partial charge is 0.322 e. The minimum atomic E-state index is -0.109. The predicted octanol–water partition coefficient (Wildman–Crippen LogP) is 5.04. The van der Waals surface area contributed by atoms with Crippen LogP contribution in [-0.2, 0) is 6.42 Å². The van der Waals surface area contributed by atoms with Crippen molar-refractivity contribution in [3.05, 3.63) is 54.3 Å². The Kier molecular flexibility index (Phi) is 5.41. The highest BCUT2D eigenvalue weighted by Crippen LogP contribution is 2.31. The summed E-state index contributed by atoms with van der Waals surface area (Å²) in [6.07, 6.45) is 6.50. The van der Waals surface area contributed by atoms with Gasteiger partial charge < -0.3 is 19.1 Å². The molecule has 1 aliphatic rings. The molecule has 4 rings (SSSR count). The Morgan fingerprint density at radius 2 is 2.04 bits per heavy atom. The molecule has 7 nitrogen and oxygen atoms in total. The number of rotatable bonds is 4. The van der Waals surface area contributed by atoms with E-state index in [9.17, 15) is 4.79 Å². The number of benzene rings is 1. The average Bonchev–Trinajstić information content (AvgIpc) is 3.36. The molecule has 28 heavy (non-hydrogen) atoms. The second-order valence-electron chi connectivity index (χ2n) is 6.94. The van der Waals surface area contributed by atoms with Crippen molar-refractivity contribution in [1.29, 1.82) is 0 Å².